The lowest BCUT2D eigenvalue weighted by Gasteiger charge is -2.44. The predicted molar refractivity (Wildman–Crippen MR) is 154 cm³/mol. The van der Waals surface area contributed by atoms with E-state index in [1.165, 1.54) is 33.4 Å². The molecule has 1 aliphatic carbocycles. The van der Waals surface area contributed by atoms with Crippen molar-refractivity contribution in [2.75, 3.05) is 0 Å². The molecule has 0 N–H and O–H groups in total. The van der Waals surface area contributed by atoms with Crippen molar-refractivity contribution in [1.82, 2.24) is 0 Å². The Morgan fingerprint density at radius 1 is 0.824 bits per heavy atom. The first kappa shape index (κ1) is 28.1. The van der Waals surface area contributed by atoms with Crippen LogP contribution in [-0.4, -0.2) is 5.71 Å². The van der Waals surface area contributed by atoms with E-state index in [2.05, 4.69) is 114 Å². The summed E-state index contributed by atoms with van der Waals surface area (Å²) >= 11 is 0. The Balaban J connectivity index is 2.66. The van der Waals surface area contributed by atoms with Crippen molar-refractivity contribution >= 4 is 11.3 Å². The number of benzene rings is 1. The van der Waals surface area contributed by atoms with Crippen LogP contribution in [0.3, 0.4) is 0 Å². The standard InChI is InChI=1S/C33H49N/c1-21(2)18-24(5)34-25(6)22(3)16-17-23(4)26-19-28-29(20-27(26)30(7,8)9)32(12,13)33(14,15)31(28,10)11/h16-20H,1H2,2-15H3/b22-16+,23-17+,24-18-,34-25-. The Hall–Kier alpha value is -2.15. The van der Waals surface area contributed by atoms with Crippen LogP contribution in [0.2, 0.25) is 0 Å². The molecule has 186 valence electrons. The van der Waals surface area contributed by atoms with E-state index >= 15 is 0 Å². The molecule has 0 radical (unpaired) electrons. The molecule has 0 amide bonds. The summed E-state index contributed by atoms with van der Waals surface area (Å²) in [4.78, 5) is 4.74. The van der Waals surface area contributed by atoms with Gasteiger partial charge in [-0.05, 0) is 95.8 Å². The SMILES string of the molecule is C=C(C)\C=C(C)/N=C(C)\C(C)=C\C=C(/C)c1cc2c(cc1C(C)(C)C)C(C)(C)C(C)(C)C2(C)C. The van der Waals surface area contributed by atoms with E-state index in [9.17, 15) is 0 Å². The Morgan fingerprint density at radius 3 is 1.79 bits per heavy atom. The highest BCUT2D eigenvalue weighted by Crippen LogP contribution is 2.62. The number of hydrogen-bond acceptors (Lipinski definition) is 1. The summed E-state index contributed by atoms with van der Waals surface area (Å²) < 4.78 is 0. The van der Waals surface area contributed by atoms with Crippen LogP contribution in [0.1, 0.15) is 119 Å². The van der Waals surface area contributed by atoms with Crippen LogP contribution >= 0.6 is 0 Å². The number of aliphatic imine (C=N–C) groups is 1. The molecular weight excluding hydrogens is 410 g/mol. The van der Waals surface area contributed by atoms with E-state index in [4.69, 9.17) is 4.99 Å². The van der Waals surface area contributed by atoms with Gasteiger partial charge in [-0.2, -0.15) is 0 Å². The third kappa shape index (κ3) is 4.95. The lowest BCUT2D eigenvalue weighted by molar-refractivity contribution is 0.125. The average Bonchev–Trinajstić information content (AvgIpc) is 2.78. The van der Waals surface area contributed by atoms with Crippen molar-refractivity contribution in [3.05, 3.63) is 76.0 Å². The normalized spacial score (nSPS) is 20.4. The van der Waals surface area contributed by atoms with Gasteiger partial charge in [-0.15, -0.1) is 0 Å². The summed E-state index contributed by atoms with van der Waals surface area (Å²) in [5, 5.41) is 0. The Bertz CT molecular complexity index is 1100. The van der Waals surface area contributed by atoms with Gasteiger partial charge in [-0.3, -0.25) is 4.99 Å². The Kier molecular flexibility index (Phi) is 7.55. The van der Waals surface area contributed by atoms with Crippen LogP contribution in [0.5, 0.6) is 0 Å². The second-order valence-corrected chi connectivity index (χ2v) is 13.1. The molecule has 0 spiro atoms. The van der Waals surface area contributed by atoms with Crippen LogP contribution < -0.4 is 0 Å². The van der Waals surface area contributed by atoms with Crippen molar-refractivity contribution in [2.45, 2.75) is 113 Å². The molecule has 1 aliphatic rings. The quantitative estimate of drug-likeness (QED) is 0.307. The second-order valence-electron chi connectivity index (χ2n) is 13.1. The van der Waals surface area contributed by atoms with E-state index in [0.717, 1.165) is 17.0 Å². The minimum Gasteiger partial charge on any atom is -0.258 e. The molecule has 0 bridgehead atoms. The summed E-state index contributed by atoms with van der Waals surface area (Å²) in [6, 6.07) is 5.02. The largest absolute Gasteiger partial charge is 0.258 e. The highest BCUT2D eigenvalue weighted by molar-refractivity contribution is 5.98. The molecule has 1 aromatic carbocycles. The summed E-state index contributed by atoms with van der Waals surface area (Å²) in [6.07, 6.45) is 6.49. The molecular formula is C33H49N. The topological polar surface area (TPSA) is 12.4 Å². The maximum atomic E-state index is 4.74. The second kappa shape index (κ2) is 9.14. The minimum absolute atomic E-state index is 0.0625. The van der Waals surface area contributed by atoms with E-state index in [1.54, 1.807) is 0 Å². The maximum absolute atomic E-state index is 4.74. The zero-order chi connectivity index (χ0) is 26.4. The maximum Gasteiger partial charge on any atom is 0.0404 e. The van der Waals surface area contributed by atoms with Crippen LogP contribution in [-0.2, 0) is 16.2 Å². The van der Waals surface area contributed by atoms with Gasteiger partial charge in [0.1, 0.15) is 0 Å². The molecule has 34 heavy (non-hydrogen) atoms. The summed E-state index contributed by atoms with van der Waals surface area (Å²) in [5.41, 5.74) is 11.8. The van der Waals surface area contributed by atoms with Gasteiger partial charge in [0, 0.05) is 11.4 Å². The lowest BCUT2D eigenvalue weighted by Crippen LogP contribution is -2.42. The van der Waals surface area contributed by atoms with Crippen molar-refractivity contribution < 1.29 is 0 Å². The van der Waals surface area contributed by atoms with E-state index in [1.807, 2.05) is 19.9 Å². The zero-order valence-electron chi connectivity index (χ0n) is 24.5. The number of fused-ring (bicyclic) bond motifs is 1. The first-order valence-corrected chi connectivity index (χ1v) is 12.7. The molecule has 0 saturated heterocycles. The van der Waals surface area contributed by atoms with Crippen LogP contribution in [0.15, 0.2) is 58.8 Å². The van der Waals surface area contributed by atoms with Gasteiger partial charge in [-0.1, -0.05) is 98.8 Å². The molecule has 0 unspecified atom stereocenters. The molecule has 0 atom stereocenters. The molecule has 0 saturated carbocycles. The monoisotopic (exact) mass is 459 g/mol. The van der Waals surface area contributed by atoms with E-state index in [-0.39, 0.29) is 21.7 Å². The van der Waals surface area contributed by atoms with Gasteiger partial charge in [0.2, 0.25) is 0 Å². The predicted octanol–water partition coefficient (Wildman–Crippen LogP) is 9.87. The number of rotatable bonds is 5. The lowest BCUT2D eigenvalue weighted by atomic mass is 9.59. The van der Waals surface area contributed by atoms with Gasteiger partial charge >= 0.3 is 0 Å². The van der Waals surface area contributed by atoms with Gasteiger partial charge in [-0.25, -0.2) is 0 Å². The molecule has 1 nitrogen and oxygen atoms in total. The summed E-state index contributed by atoms with van der Waals surface area (Å²) in [7, 11) is 0. The number of allylic oxidation sites excluding steroid dienone is 7. The first-order valence-electron chi connectivity index (χ1n) is 12.7. The molecule has 2 rings (SSSR count). The van der Waals surface area contributed by atoms with Gasteiger partial charge in [0.15, 0.2) is 0 Å². The van der Waals surface area contributed by atoms with Gasteiger partial charge < -0.3 is 0 Å². The van der Waals surface area contributed by atoms with Crippen molar-refractivity contribution in [1.29, 1.82) is 0 Å². The third-order valence-electron chi connectivity index (χ3n) is 8.82. The summed E-state index contributed by atoms with van der Waals surface area (Å²) in [6.45, 7) is 36.0. The highest BCUT2D eigenvalue weighted by Gasteiger charge is 2.57. The van der Waals surface area contributed by atoms with Gasteiger partial charge in [0.05, 0.1) is 0 Å². The Morgan fingerprint density at radius 2 is 1.32 bits per heavy atom. The van der Waals surface area contributed by atoms with E-state index < -0.39 is 0 Å². The molecule has 0 fully saturated rings. The minimum atomic E-state index is 0.0625. The smallest absolute Gasteiger partial charge is 0.0404 e. The van der Waals surface area contributed by atoms with Crippen molar-refractivity contribution in [3.63, 3.8) is 0 Å². The number of hydrogen-bond donors (Lipinski definition) is 0. The molecule has 1 heteroatoms. The molecule has 0 aliphatic heterocycles. The molecule has 0 aromatic heterocycles. The fourth-order valence-corrected chi connectivity index (χ4v) is 5.24. The van der Waals surface area contributed by atoms with Crippen LogP contribution in [0, 0.1) is 5.41 Å². The van der Waals surface area contributed by atoms with Crippen LogP contribution in [0.25, 0.3) is 5.57 Å². The zero-order valence-corrected chi connectivity index (χ0v) is 24.5. The Labute approximate surface area is 210 Å². The van der Waals surface area contributed by atoms with Gasteiger partial charge in [0.25, 0.3) is 0 Å². The van der Waals surface area contributed by atoms with Crippen LogP contribution in [0.4, 0.5) is 0 Å². The fourth-order valence-electron chi connectivity index (χ4n) is 5.24. The fraction of sp³-hybridized carbons (Fsp3) is 0.545. The highest BCUT2D eigenvalue weighted by atomic mass is 14.7. The summed E-state index contributed by atoms with van der Waals surface area (Å²) in [5.74, 6) is 0. The first-order chi connectivity index (χ1) is 15.2. The van der Waals surface area contributed by atoms with Crippen molar-refractivity contribution in [3.8, 4) is 0 Å². The molecule has 1 aromatic rings. The average molecular weight is 460 g/mol. The van der Waals surface area contributed by atoms with Crippen molar-refractivity contribution in [2.24, 2.45) is 10.4 Å². The third-order valence-corrected chi connectivity index (χ3v) is 8.82. The van der Waals surface area contributed by atoms with E-state index in [0.29, 0.717) is 0 Å². The number of nitrogens with zero attached hydrogens (tertiary/aromatic N) is 1. The molecule has 0 heterocycles.